The van der Waals surface area contributed by atoms with E-state index in [2.05, 4.69) is 10.2 Å². The number of benzene rings is 2. The number of fused-ring (bicyclic) bond motifs is 1. The lowest BCUT2D eigenvalue weighted by Gasteiger charge is -2.38. The molecule has 10 heteroatoms. The van der Waals surface area contributed by atoms with Crippen LogP contribution in [-0.2, 0) is 4.74 Å². The molecule has 180 valence electrons. The number of nitrogens with zero attached hydrogens (tertiary/aromatic N) is 2. The van der Waals surface area contributed by atoms with E-state index in [-0.39, 0.29) is 34.9 Å². The highest BCUT2D eigenvalue weighted by Crippen LogP contribution is 2.29. The number of anilines is 1. The lowest BCUT2D eigenvalue weighted by atomic mass is 10.0. The van der Waals surface area contributed by atoms with Gasteiger partial charge in [0.2, 0.25) is 0 Å². The van der Waals surface area contributed by atoms with Crippen LogP contribution in [0, 0.1) is 0 Å². The Kier molecular flexibility index (Phi) is 7.06. The average molecular weight is 487 g/mol. The van der Waals surface area contributed by atoms with Gasteiger partial charge < -0.3 is 20.5 Å². The van der Waals surface area contributed by atoms with E-state index in [1.54, 1.807) is 31.4 Å². The number of ether oxygens (including phenoxy) is 2. The topological polar surface area (TPSA) is 114 Å². The zero-order valence-corrected chi connectivity index (χ0v) is 19.8. The Morgan fingerprint density at radius 3 is 2.44 bits per heavy atom. The molecule has 4 rings (SSSR count). The molecule has 2 heterocycles. The molecular weight excluding hydrogens is 460 g/mol. The van der Waals surface area contributed by atoms with Gasteiger partial charge in [0.05, 0.1) is 46.7 Å². The summed E-state index contributed by atoms with van der Waals surface area (Å²) in [7, 11) is 3.06. The van der Waals surface area contributed by atoms with Gasteiger partial charge in [-0.05, 0) is 24.6 Å². The van der Waals surface area contributed by atoms with E-state index in [0.29, 0.717) is 60.7 Å². The minimum absolute atomic E-state index is 0.228. The molecule has 0 aromatic heterocycles. The highest BCUT2D eigenvalue weighted by Gasteiger charge is 2.36. The summed E-state index contributed by atoms with van der Waals surface area (Å²) in [4.78, 5) is 41.5. The maximum atomic E-state index is 12.9. The van der Waals surface area contributed by atoms with Gasteiger partial charge in [-0.2, -0.15) is 0 Å². The van der Waals surface area contributed by atoms with Gasteiger partial charge in [-0.25, -0.2) is 0 Å². The number of imide groups is 1. The monoisotopic (exact) mass is 486 g/mol. The fourth-order valence-corrected chi connectivity index (χ4v) is 4.60. The highest BCUT2D eigenvalue weighted by molar-refractivity contribution is 6.33. The van der Waals surface area contributed by atoms with Crippen molar-refractivity contribution >= 4 is 35.0 Å². The molecule has 34 heavy (non-hydrogen) atoms. The van der Waals surface area contributed by atoms with Crippen LogP contribution < -0.4 is 15.8 Å². The first kappa shape index (κ1) is 24.0. The Labute approximate surface area is 202 Å². The first-order valence-electron chi connectivity index (χ1n) is 11.0. The number of carbonyl (C=O) groups is 3. The number of nitrogen functional groups attached to an aromatic ring is 1. The maximum Gasteiger partial charge on any atom is 0.261 e. The summed E-state index contributed by atoms with van der Waals surface area (Å²) in [5, 5.41) is 3.29. The smallest absolute Gasteiger partial charge is 0.261 e. The number of halogens is 1. The number of amides is 3. The Morgan fingerprint density at radius 1 is 1.15 bits per heavy atom. The molecule has 2 atom stereocenters. The Morgan fingerprint density at radius 2 is 1.82 bits per heavy atom. The summed E-state index contributed by atoms with van der Waals surface area (Å²) in [6, 6.07) is 9.64. The van der Waals surface area contributed by atoms with Crippen LogP contribution in [0.4, 0.5) is 5.69 Å². The second-order valence-corrected chi connectivity index (χ2v) is 8.73. The highest BCUT2D eigenvalue weighted by atomic mass is 35.5. The number of carbonyl (C=O) groups excluding carboxylic acids is 3. The van der Waals surface area contributed by atoms with E-state index < -0.39 is 0 Å². The second-order valence-electron chi connectivity index (χ2n) is 8.32. The number of hydrogen-bond acceptors (Lipinski definition) is 7. The van der Waals surface area contributed by atoms with Crippen LogP contribution in [0.5, 0.6) is 5.75 Å². The molecule has 2 aliphatic heterocycles. The Hall–Kier alpha value is -3.14. The molecule has 0 saturated carbocycles. The maximum absolute atomic E-state index is 12.9. The zero-order chi connectivity index (χ0) is 24.4. The molecule has 0 aliphatic carbocycles. The van der Waals surface area contributed by atoms with Gasteiger partial charge in [-0.1, -0.05) is 23.7 Å². The van der Waals surface area contributed by atoms with Crippen LogP contribution in [0.1, 0.15) is 37.5 Å². The first-order chi connectivity index (χ1) is 16.3. The SMILES string of the molecule is COc1cc(N)c(Cl)cc1C(=O)N[C@H]1CCN(CCN2C(=O)c3ccccc3C2=O)C[C@H]1OC. The van der Waals surface area contributed by atoms with Crippen molar-refractivity contribution in [1.82, 2.24) is 15.1 Å². The van der Waals surface area contributed by atoms with Crippen LogP contribution in [0.15, 0.2) is 36.4 Å². The lowest BCUT2D eigenvalue weighted by molar-refractivity contribution is 0.00450. The summed E-state index contributed by atoms with van der Waals surface area (Å²) >= 11 is 6.10. The Bertz CT molecular complexity index is 1090. The number of piperidine rings is 1. The molecule has 3 N–H and O–H groups in total. The fraction of sp³-hybridized carbons (Fsp3) is 0.375. The van der Waals surface area contributed by atoms with Crippen LogP contribution in [-0.4, -0.2) is 80.1 Å². The third-order valence-corrected chi connectivity index (χ3v) is 6.67. The van der Waals surface area contributed by atoms with Crippen LogP contribution in [0.2, 0.25) is 5.02 Å². The van der Waals surface area contributed by atoms with Gasteiger partial charge >= 0.3 is 0 Å². The van der Waals surface area contributed by atoms with Crippen molar-refractivity contribution in [2.24, 2.45) is 0 Å². The van der Waals surface area contributed by atoms with E-state index >= 15 is 0 Å². The van der Waals surface area contributed by atoms with E-state index in [9.17, 15) is 14.4 Å². The molecule has 1 saturated heterocycles. The number of hydrogen-bond donors (Lipinski definition) is 2. The molecule has 2 aromatic carbocycles. The fourth-order valence-electron chi connectivity index (χ4n) is 4.43. The largest absolute Gasteiger partial charge is 0.496 e. The minimum atomic E-state index is -0.328. The number of nitrogens with one attached hydrogen (secondary N) is 1. The van der Waals surface area contributed by atoms with Crippen molar-refractivity contribution in [1.29, 1.82) is 0 Å². The summed E-state index contributed by atoms with van der Waals surface area (Å²) in [6.45, 7) is 2.03. The molecule has 0 spiro atoms. The van der Waals surface area contributed by atoms with Crippen molar-refractivity contribution in [3.8, 4) is 5.75 Å². The predicted molar refractivity (Wildman–Crippen MR) is 127 cm³/mol. The molecule has 2 aliphatic rings. The third-order valence-electron chi connectivity index (χ3n) is 6.34. The second kappa shape index (κ2) is 10.0. The van der Waals surface area contributed by atoms with Gasteiger partial charge in [-0.15, -0.1) is 0 Å². The third kappa shape index (κ3) is 4.59. The number of nitrogens with two attached hydrogens (primary N) is 1. The average Bonchev–Trinajstić information content (AvgIpc) is 3.09. The summed E-state index contributed by atoms with van der Waals surface area (Å²) in [6.07, 6.45) is 0.368. The molecule has 0 radical (unpaired) electrons. The minimum Gasteiger partial charge on any atom is -0.496 e. The lowest BCUT2D eigenvalue weighted by Crippen LogP contribution is -2.55. The van der Waals surface area contributed by atoms with Crippen LogP contribution in [0.25, 0.3) is 0 Å². The van der Waals surface area contributed by atoms with Gasteiger partial charge in [0, 0.05) is 39.4 Å². The van der Waals surface area contributed by atoms with Gasteiger partial charge in [0.15, 0.2) is 0 Å². The molecule has 0 bridgehead atoms. The number of methoxy groups -OCH3 is 2. The van der Waals surface area contributed by atoms with Gasteiger partial charge in [0.25, 0.3) is 17.7 Å². The van der Waals surface area contributed by atoms with Gasteiger partial charge in [0.1, 0.15) is 5.75 Å². The molecular formula is C24H27ClN4O5. The number of likely N-dealkylation sites (tertiary alicyclic amines) is 1. The zero-order valence-electron chi connectivity index (χ0n) is 19.0. The standard InChI is InChI=1S/C24H27ClN4O5/c1-33-20-12-18(26)17(25)11-16(20)22(30)27-19-7-8-28(13-21(19)34-2)9-10-29-23(31)14-5-3-4-6-15(14)24(29)32/h3-6,11-12,19,21H,7-10,13,26H2,1-2H3,(H,27,30)/t19-,21+/m0/s1. The molecule has 2 aromatic rings. The van der Waals surface area contributed by atoms with Crippen LogP contribution >= 0.6 is 11.6 Å². The van der Waals surface area contributed by atoms with E-state index in [1.165, 1.54) is 24.1 Å². The molecule has 9 nitrogen and oxygen atoms in total. The van der Waals surface area contributed by atoms with Crippen molar-refractivity contribution in [2.45, 2.75) is 18.6 Å². The number of rotatable bonds is 7. The summed E-state index contributed by atoms with van der Waals surface area (Å²) < 4.78 is 10.9. The van der Waals surface area contributed by atoms with Crippen molar-refractivity contribution < 1.29 is 23.9 Å². The van der Waals surface area contributed by atoms with E-state index in [4.69, 9.17) is 26.8 Å². The van der Waals surface area contributed by atoms with Crippen molar-refractivity contribution in [2.75, 3.05) is 46.1 Å². The first-order valence-corrected chi connectivity index (χ1v) is 11.4. The van der Waals surface area contributed by atoms with Crippen molar-refractivity contribution in [3.05, 3.63) is 58.1 Å². The predicted octanol–water partition coefficient (Wildman–Crippen LogP) is 2.05. The Balaban J connectivity index is 1.36. The summed E-state index contributed by atoms with van der Waals surface area (Å²) in [5.74, 6) is -0.513. The quantitative estimate of drug-likeness (QED) is 0.454. The van der Waals surface area contributed by atoms with Crippen LogP contribution in [0.3, 0.4) is 0 Å². The normalized spacial score (nSPS) is 20.4. The molecule has 3 amide bonds. The van der Waals surface area contributed by atoms with Crippen molar-refractivity contribution in [3.63, 3.8) is 0 Å². The summed E-state index contributed by atoms with van der Waals surface area (Å²) in [5.41, 5.74) is 7.33. The van der Waals surface area contributed by atoms with Gasteiger partial charge in [-0.3, -0.25) is 24.2 Å². The molecule has 1 fully saturated rings. The molecule has 0 unspecified atom stereocenters. The van der Waals surface area contributed by atoms with E-state index in [1.807, 2.05) is 0 Å². The van der Waals surface area contributed by atoms with E-state index in [0.717, 1.165) is 0 Å².